The maximum Gasteiger partial charge on any atom is 0.513 e. The molecule has 0 saturated carbocycles. The van der Waals surface area contributed by atoms with Crippen LogP contribution in [0.25, 0.3) is 10.1 Å². The highest BCUT2D eigenvalue weighted by molar-refractivity contribution is 7.17. The van der Waals surface area contributed by atoms with Crippen LogP contribution >= 0.6 is 11.3 Å². The summed E-state index contributed by atoms with van der Waals surface area (Å²) < 4.78 is 16.8. The summed E-state index contributed by atoms with van der Waals surface area (Å²) in [4.78, 5) is 30.9. The molecular weight excluding hydrogens is 456 g/mol. The average Bonchev–Trinajstić information content (AvgIpc) is 3.27. The van der Waals surface area contributed by atoms with E-state index in [1.165, 1.54) is 17.5 Å². The number of fused-ring (bicyclic) bond motifs is 1. The van der Waals surface area contributed by atoms with Crippen molar-refractivity contribution in [3.63, 3.8) is 0 Å². The quantitative estimate of drug-likeness (QED) is 0.486. The number of anilines is 1. The van der Waals surface area contributed by atoms with Gasteiger partial charge in [-0.15, -0.1) is 11.3 Å². The van der Waals surface area contributed by atoms with Crippen molar-refractivity contribution in [1.82, 2.24) is 15.2 Å². The maximum absolute atomic E-state index is 12.7. The molecule has 0 radical (unpaired) electrons. The summed E-state index contributed by atoms with van der Waals surface area (Å²) in [6.07, 6.45) is 2.50. The number of pyridine rings is 1. The highest BCUT2D eigenvalue weighted by atomic mass is 32.1. The van der Waals surface area contributed by atoms with Crippen molar-refractivity contribution in [2.24, 2.45) is 0 Å². The number of hydrogen-bond donors (Lipinski definition) is 2. The van der Waals surface area contributed by atoms with Crippen molar-refractivity contribution in [1.29, 1.82) is 0 Å². The van der Waals surface area contributed by atoms with E-state index in [1.807, 2.05) is 5.38 Å². The Morgan fingerprint density at radius 2 is 2.09 bits per heavy atom. The zero-order valence-electron chi connectivity index (χ0n) is 19.2. The minimum absolute atomic E-state index is 0.102. The Balaban J connectivity index is 1.44. The van der Waals surface area contributed by atoms with Gasteiger partial charge in [0.25, 0.3) is 5.91 Å². The first kappa shape index (κ1) is 23.8. The van der Waals surface area contributed by atoms with Gasteiger partial charge in [-0.3, -0.25) is 4.79 Å². The lowest BCUT2D eigenvalue weighted by molar-refractivity contribution is 0.0915. The normalized spacial score (nSPS) is 14.6. The summed E-state index contributed by atoms with van der Waals surface area (Å²) >= 11 is 1.38. The Morgan fingerprint density at radius 1 is 1.29 bits per heavy atom. The second kappa shape index (κ2) is 10.7. The third-order valence-corrected chi connectivity index (χ3v) is 6.71. The Kier molecular flexibility index (Phi) is 7.49. The molecule has 10 heteroatoms. The molecule has 0 aliphatic carbocycles. The molecule has 0 bridgehead atoms. The number of aromatic nitrogens is 1. The number of nitrogens with zero attached hydrogens (tertiary/aromatic N) is 2. The summed E-state index contributed by atoms with van der Waals surface area (Å²) in [6.45, 7) is 4.09. The molecule has 1 aliphatic rings. The molecule has 0 unspecified atom stereocenters. The summed E-state index contributed by atoms with van der Waals surface area (Å²) in [6, 6.07) is 7.30. The fourth-order valence-corrected chi connectivity index (χ4v) is 4.84. The largest absolute Gasteiger partial charge is 0.513 e. The lowest BCUT2D eigenvalue weighted by Crippen LogP contribution is -2.43. The lowest BCUT2D eigenvalue weighted by atomic mass is 10.0. The first-order valence-electron chi connectivity index (χ1n) is 11.2. The van der Waals surface area contributed by atoms with Crippen LogP contribution in [0.3, 0.4) is 0 Å². The van der Waals surface area contributed by atoms with E-state index >= 15 is 0 Å². The van der Waals surface area contributed by atoms with Crippen molar-refractivity contribution in [2.75, 3.05) is 32.5 Å². The minimum Gasteiger partial charge on any atom is -0.489 e. The topological polar surface area (TPSA) is 116 Å². The van der Waals surface area contributed by atoms with Gasteiger partial charge in [-0.25, -0.2) is 9.78 Å². The van der Waals surface area contributed by atoms with E-state index in [0.29, 0.717) is 27.2 Å². The highest BCUT2D eigenvalue weighted by Crippen LogP contribution is 2.37. The Hall–Kier alpha value is -3.37. The Labute approximate surface area is 201 Å². The van der Waals surface area contributed by atoms with Crippen molar-refractivity contribution in [3.05, 3.63) is 47.0 Å². The molecule has 1 fully saturated rings. The van der Waals surface area contributed by atoms with Crippen molar-refractivity contribution in [2.45, 2.75) is 32.4 Å². The number of piperidine rings is 1. The molecule has 9 nitrogen and oxygen atoms in total. The van der Waals surface area contributed by atoms with Crippen LogP contribution in [-0.4, -0.2) is 54.7 Å². The van der Waals surface area contributed by atoms with Gasteiger partial charge in [0, 0.05) is 22.6 Å². The van der Waals surface area contributed by atoms with Crippen LogP contribution in [0.15, 0.2) is 35.8 Å². The van der Waals surface area contributed by atoms with Gasteiger partial charge in [0.15, 0.2) is 5.75 Å². The number of carbonyl (C=O) groups excluding carboxylic acids is 2. The van der Waals surface area contributed by atoms with E-state index in [4.69, 9.17) is 19.9 Å². The number of benzene rings is 1. The van der Waals surface area contributed by atoms with E-state index in [1.54, 1.807) is 31.2 Å². The first-order chi connectivity index (χ1) is 16.4. The van der Waals surface area contributed by atoms with Crippen molar-refractivity contribution in [3.8, 4) is 11.5 Å². The third-order valence-electron chi connectivity index (χ3n) is 5.67. The summed E-state index contributed by atoms with van der Waals surface area (Å²) in [5.41, 5.74) is 7.46. The zero-order chi connectivity index (χ0) is 24.1. The number of hydrogen-bond acceptors (Lipinski definition) is 9. The van der Waals surface area contributed by atoms with Crippen LogP contribution < -0.4 is 20.5 Å². The molecule has 1 aromatic carbocycles. The van der Waals surface area contributed by atoms with E-state index in [0.717, 1.165) is 31.5 Å². The van der Waals surface area contributed by atoms with Crippen LogP contribution in [0.4, 0.5) is 10.6 Å². The molecule has 2 aromatic heterocycles. The summed E-state index contributed by atoms with van der Waals surface area (Å²) in [5.74, 6) is 1.07. The molecule has 0 atom stereocenters. The van der Waals surface area contributed by atoms with Gasteiger partial charge in [-0.2, -0.15) is 0 Å². The number of nitrogens with one attached hydrogen (secondary N) is 1. The number of ether oxygens (including phenoxy) is 3. The predicted molar refractivity (Wildman–Crippen MR) is 130 cm³/mol. The SMILES string of the molecule is CCOC(=O)Oc1cnc(N)c2c(COc3cccc(C(=O)NC4CCN(C)CC4)c3)csc12. The van der Waals surface area contributed by atoms with Crippen LogP contribution in [0.1, 0.15) is 35.7 Å². The molecule has 3 aromatic rings. The molecule has 1 saturated heterocycles. The summed E-state index contributed by atoms with van der Waals surface area (Å²) in [5, 5.41) is 5.67. The average molecular weight is 485 g/mol. The van der Waals surface area contributed by atoms with Gasteiger partial charge in [-0.05, 0) is 63.5 Å². The number of rotatable bonds is 7. The minimum atomic E-state index is -0.795. The zero-order valence-corrected chi connectivity index (χ0v) is 20.0. The second-order valence-corrected chi connectivity index (χ2v) is 9.01. The van der Waals surface area contributed by atoms with Crippen LogP contribution in [-0.2, 0) is 11.3 Å². The number of nitrogen functional groups attached to an aromatic ring is 1. The second-order valence-electron chi connectivity index (χ2n) is 8.13. The molecule has 34 heavy (non-hydrogen) atoms. The number of carbonyl (C=O) groups is 2. The number of amides is 1. The predicted octanol–water partition coefficient (Wildman–Crippen LogP) is 3.82. The van der Waals surface area contributed by atoms with Crippen LogP contribution in [0, 0.1) is 0 Å². The van der Waals surface area contributed by atoms with Crippen LogP contribution in [0.5, 0.6) is 11.5 Å². The molecule has 0 spiro atoms. The monoisotopic (exact) mass is 484 g/mol. The van der Waals surface area contributed by atoms with Crippen LogP contribution in [0.2, 0.25) is 0 Å². The number of thiophene rings is 1. The third kappa shape index (κ3) is 5.57. The molecule has 4 rings (SSSR count). The van der Waals surface area contributed by atoms with E-state index in [2.05, 4.69) is 22.2 Å². The highest BCUT2D eigenvalue weighted by Gasteiger charge is 2.20. The lowest BCUT2D eigenvalue weighted by Gasteiger charge is -2.29. The van der Waals surface area contributed by atoms with Gasteiger partial charge < -0.3 is 30.2 Å². The molecular formula is C24H28N4O5S. The fraction of sp³-hybridized carbons (Fsp3) is 0.375. The van der Waals surface area contributed by atoms with E-state index in [9.17, 15) is 9.59 Å². The van der Waals surface area contributed by atoms with Crippen molar-refractivity contribution < 1.29 is 23.8 Å². The van der Waals surface area contributed by atoms with Gasteiger partial charge in [0.05, 0.1) is 17.5 Å². The molecule has 3 heterocycles. The number of nitrogens with two attached hydrogens (primary N) is 1. The molecule has 1 aliphatic heterocycles. The fourth-order valence-electron chi connectivity index (χ4n) is 3.83. The summed E-state index contributed by atoms with van der Waals surface area (Å²) in [7, 11) is 2.09. The van der Waals surface area contributed by atoms with Gasteiger partial charge in [0.1, 0.15) is 18.2 Å². The number of likely N-dealkylation sites (tertiary alicyclic amines) is 1. The molecule has 180 valence electrons. The molecule has 1 amide bonds. The van der Waals surface area contributed by atoms with Gasteiger partial charge >= 0.3 is 6.16 Å². The van der Waals surface area contributed by atoms with E-state index in [-0.39, 0.29) is 30.9 Å². The smallest absolute Gasteiger partial charge is 0.489 e. The Morgan fingerprint density at radius 3 is 2.85 bits per heavy atom. The standard InChI is InChI=1S/C24H28N4O5S/c1-3-31-24(30)33-19-12-26-22(25)20-16(14-34-21(19)20)13-32-18-6-4-5-15(11-18)23(29)27-17-7-9-28(2)10-8-17/h4-6,11-12,14,17H,3,7-10,13H2,1-2H3,(H2,25,26)(H,27,29). The maximum atomic E-state index is 12.7. The Bertz CT molecular complexity index is 1170. The first-order valence-corrected chi connectivity index (χ1v) is 12.0. The van der Waals surface area contributed by atoms with Gasteiger partial charge in [0.2, 0.25) is 0 Å². The van der Waals surface area contributed by atoms with Crippen molar-refractivity contribution >= 4 is 39.3 Å². The van der Waals surface area contributed by atoms with E-state index < -0.39 is 6.16 Å². The molecule has 3 N–H and O–H groups in total. The van der Waals surface area contributed by atoms with Gasteiger partial charge in [-0.1, -0.05) is 6.07 Å².